The first-order valence-electron chi connectivity index (χ1n) is 7.46. The molecule has 0 aliphatic heterocycles. The number of carbonyl (C=O) groups is 2. The average molecular weight is 384 g/mol. The Balaban J connectivity index is 2.58. The van der Waals surface area contributed by atoms with Gasteiger partial charge in [-0.3, -0.25) is 9.59 Å². The molecule has 26 heavy (non-hydrogen) atoms. The van der Waals surface area contributed by atoms with Gasteiger partial charge < -0.3 is 9.40 Å². The van der Waals surface area contributed by atoms with Crippen molar-refractivity contribution in [2.45, 2.75) is 20.3 Å². The maximum Gasteiger partial charge on any atom is 0.364 e. The van der Waals surface area contributed by atoms with E-state index in [1.807, 2.05) is 5.48 Å². The van der Waals surface area contributed by atoms with Gasteiger partial charge in [0.25, 0.3) is 11.5 Å². The van der Waals surface area contributed by atoms with E-state index in [0.717, 1.165) is 22.8 Å². The Morgan fingerprint density at radius 2 is 1.92 bits per heavy atom. The molecule has 0 spiro atoms. The lowest BCUT2D eigenvalue weighted by molar-refractivity contribution is -0.129. The molecule has 1 heterocycles. The Morgan fingerprint density at radius 3 is 2.54 bits per heavy atom. The van der Waals surface area contributed by atoms with Crippen molar-refractivity contribution in [3.05, 3.63) is 61.1 Å². The van der Waals surface area contributed by atoms with Gasteiger partial charge in [0.1, 0.15) is 5.82 Å². The number of nitrogens with zero attached hydrogens (tertiary/aromatic N) is 2. The van der Waals surface area contributed by atoms with Crippen LogP contribution in [-0.4, -0.2) is 21.0 Å². The second kappa shape index (κ2) is 7.52. The SMILES string of the molecule is CCC(=O)NOC(=O)c1cc(-n2c(=O)cc(C)n(C)c2=O)c(F)cc1Cl. The van der Waals surface area contributed by atoms with E-state index in [-0.39, 0.29) is 17.0 Å². The van der Waals surface area contributed by atoms with Crippen LogP contribution in [0.15, 0.2) is 27.8 Å². The van der Waals surface area contributed by atoms with Crippen molar-refractivity contribution >= 4 is 23.5 Å². The van der Waals surface area contributed by atoms with E-state index in [1.165, 1.54) is 7.05 Å². The summed E-state index contributed by atoms with van der Waals surface area (Å²) in [5.74, 6) is -2.61. The molecule has 2 aromatic rings. The summed E-state index contributed by atoms with van der Waals surface area (Å²) in [5.41, 5.74) is -0.0806. The van der Waals surface area contributed by atoms with Crippen molar-refractivity contribution in [3.63, 3.8) is 0 Å². The van der Waals surface area contributed by atoms with Gasteiger partial charge in [-0.25, -0.2) is 18.5 Å². The van der Waals surface area contributed by atoms with Crippen molar-refractivity contribution in [2.75, 3.05) is 0 Å². The van der Waals surface area contributed by atoms with Gasteiger partial charge in [0.15, 0.2) is 0 Å². The maximum absolute atomic E-state index is 14.3. The van der Waals surface area contributed by atoms with Crippen LogP contribution < -0.4 is 16.7 Å². The van der Waals surface area contributed by atoms with E-state index in [2.05, 4.69) is 4.84 Å². The minimum atomic E-state index is -1.07. The standard InChI is InChI=1S/C16H15ClFN3O5/c1-4-13(22)19-26-15(24)9-6-12(11(18)7-10(9)17)21-14(23)5-8(2)20(3)16(21)25/h5-7H,4H2,1-3H3,(H,19,22). The Bertz CT molecular complexity index is 1010. The Labute approximate surface area is 151 Å². The molecule has 0 radical (unpaired) electrons. The van der Waals surface area contributed by atoms with E-state index in [4.69, 9.17) is 11.6 Å². The van der Waals surface area contributed by atoms with Gasteiger partial charge in [-0.2, -0.15) is 5.48 Å². The number of hydrogen-bond donors (Lipinski definition) is 1. The predicted molar refractivity (Wildman–Crippen MR) is 90.8 cm³/mol. The zero-order valence-electron chi connectivity index (χ0n) is 14.1. The molecule has 10 heteroatoms. The molecule has 8 nitrogen and oxygen atoms in total. The fourth-order valence-electron chi connectivity index (χ4n) is 2.05. The molecular weight excluding hydrogens is 369 g/mol. The minimum Gasteiger partial charge on any atom is -0.335 e. The molecule has 0 aliphatic carbocycles. The molecule has 0 fully saturated rings. The fraction of sp³-hybridized carbons (Fsp3) is 0.250. The molecule has 0 atom stereocenters. The number of amides is 1. The summed E-state index contributed by atoms with van der Waals surface area (Å²) in [6, 6.07) is 2.84. The Hall–Kier alpha value is -2.94. The summed E-state index contributed by atoms with van der Waals surface area (Å²) in [5, 5.41) is -0.306. The second-order valence-electron chi connectivity index (χ2n) is 5.35. The smallest absolute Gasteiger partial charge is 0.335 e. The van der Waals surface area contributed by atoms with E-state index >= 15 is 0 Å². The molecule has 1 aromatic carbocycles. The minimum absolute atomic E-state index is 0.0739. The largest absolute Gasteiger partial charge is 0.364 e. The molecule has 0 aliphatic rings. The summed E-state index contributed by atoms with van der Waals surface area (Å²) in [6.45, 7) is 3.09. The third-order valence-corrected chi connectivity index (χ3v) is 3.95. The number of halogens is 2. The van der Waals surface area contributed by atoms with Crippen LogP contribution in [0, 0.1) is 12.7 Å². The van der Waals surface area contributed by atoms with Crippen LogP contribution >= 0.6 is 11.6 Å². The highest BCUT2D eigenvalue weighted by atomic mass is 35.5. The zero-order valence-corrected chi connectivity index (χ0v) is 14.9. The number of benzene rings is 1. The third kappa shape index (κ3) is 3.67. The highest BCUT2D eigenvalue weighted by Crippen LogP contribution is 2.23. The first kappa shape index (κ1) is 19.4. The molecule has 1 N–H and O–H groups in total. The number of nitrogens with one attached hydrogen (secondary N) is 1. The molecule has 138 valence electrons. The molecule has 1 aromatic heterocycles. The van der Waals surface area contributed by atoms with Crippen LogP contribution in [0.3, 0.4) is 0 Å². The van der Waals surface area contributed by atoms with Crippen molar-refractivity contribution in [2.24, 2.45) is 7.05 Å². The maximum atomic E-state index is 14.3. The fourth-order valence-corrected chi connectivity index (χ4v) is 2.28. The lowest BCUT2D eigenvalue weighted by Gasteiger charge is -2.12. The summed E-state index contributed by atoms with van der Waals surface area (Å²) >= 11 is 5.84. The van der Waals surface area contributed by atoms with E-state index < -0.39 is 34.6 Å². The van der Waals surface area contributed by atoms with Gasteiger partial charge in [-0.1, -0.05) is 18.5 Å². The van der Waals surface area contributed by atoms with Crippen molar-refractivity contribution in [1.29, 1.82) is 0 Å². The molecule has 0 unspecified atom stereocenters. The number of rotatable bonds is 3. The lowest BCUT2D eigenvalue weighted by atomic mass is 10.2. The normalized spacial score (nSPS) is 10.5. The number of hydrogen-bond acceptors (Lipinski definition) is 5. The van der Waals surface area contributed by atoms with Crippen molar-refractivity contribution in [1.82, 2.24) is 14.6 Å². The van der Waals surface area contributed by atoms with Crippen LogP contribution in [0.25, 0.3) is 5.69 Å². The first-order valence-corrected chi connectivity index (χ1v) is 7.84. The molecule has 2 rings (SSSR count). The lowest BCUT2D eigenvalue weighted by Crippen LogP contribution is -2.38. The molecular formula is C16H15ClFN3O5. The number of carbonyl (C=O) groups excluding carboxylic acids is 2. The molecule has 0 bridgehead atoms. The van der Waals surface area contributed by atoms with Gasteiger partial charge in [0.2, 0.25) is 0 Å². The topological polar surface area (TPSA) is 99.4 Å². The van der Waals surface area contributed by atoms with Gasteiger partial charge in [0, 0.05) is 25.2 Å². The monoisotopic (exact) mass is 383 g/mol. The number of aromatic nitrogens is 2. The van der Waals surface area contributed by atoms with E-state index in [9.17, 15) is 23.6 Å². The highest BCUT2D eigenvalue weighted by molar-refractivity contribution is 6.33. The van der Waals surface area contributed by atoms with Crippen LogP contribution in [0.1, 0.15) is 29.4 Å². The highest BCUT2D eigenvalue weighted by Gasteiger charge is 2.20. The molecule has 0 saturated heterocycles. The van der Waals surface area contributed by atoms with Gasteiger partial charge in [0.05, 0.1) is 16.3 Å². The zero-order chi connectivity index (χ0) is 19.6. The second-order valence-corrected chi connectivity index (χ2v) is 5.76. The third-order valence-electron chi connectivity index (χ3n) is 3.64. The van der Waals surface area contributed by atoms with Crippen molar-refractivity contribution < 1.29 is 18.8 Å². The number of aryl methyl sites for hydroxylation is 1. The summed E-state index contributed by atoms with van der Waals surface area (Å²) in [4.78, 5) is 52.3. The number of hydroxylamine groups is 1. The van der Waals surface area contributed by atoms with E-state index in [0.29, 0.717) is 10.3 Å². The van der Waals surface area contributed by atoms with Crippen LogP contribution in [0.4, 0.5) is 4.39 Å². The summed E-state index contributed by atoms with van der Waals surface area (Å²) < 4.78 is 16.0. The Kier molecular flexibility index (Phi) is 5.61. The van der Waals surface area contributed by atoms with Crippen LogP contribution in [-0.2, 0) is 16.7 Å². The quantitative estimate of drug-likeness (QED) is 0.804. The van der Waals surface area contributed by atoms with Gasteiger partial charge in [-0.15, -0.1) is 0 Å². The first-order chi connectivity index (χ1) is 12.2. The van der Waals surface area contributed by atoms with Gasteiger partial charge >= 0.3 is 11.7 Å². The predicted octanol–water partition coefficient (Wildman–Crippen LogP) is 1.24. The Morgan fingerprint density at radius 1 is 1.27 bits per heavy atom. The summed E-state index contributed by atoms with van der Waals surface area (Å²) in [6.07, 6.45) is 0.0739. The van der Waals surface area contributed by atoms with Gasteiger partial charge in [-0.05, 0) is 19.1 Å². The average Bonchev–Trinajstić information content (AvgIpc) is 2.59. The summed E-state index contributed by atoms with van der Waals surface area (Å²) in [7, 11) is 1.41. The van der Waals surface area contributed by atoms with E-state index in [1.54, 1.807) is 13.8 Å². The molecule has 0 saturated carbocycles. The molecule has 1 amide bonds. The van der Waals surface area contributed by atoms with Crippen LogP contribution in [0.5, 0.6) is 0 Å². The van der Waals surface area contributed by atoms with Crippen molar-refractivity contribution in [3.8, 4) is 5.69 Å². The van der Waals surface area contributed by atoms with Crippen LogP contribution in [0.2, 0.25) is 5.02 Å².